The van der Waals surface area contributed by atoms with E-state index in [1.54, 1.807) is 26.5 Å². The van der Waals surface area contributed by atoms with E-state index in [0.717, 1.165) is 60.3 Å². The average Bonchev–Trinajstić information content (AvgIpc) is 2.92. The third-order valence-corrected chi connectivity index (χ3v) is 6.04. The first-order chi connectivity index (χ1) is 17.6. The van der Waals surface area contributed by atoms with E-state index in [0.29, 0.717) is 0 Å². The predicted octanol–water partition coefficient (Wildman–Crippen LogP) is 6.39. The van der Waals surface area contributed by atoms with Crippen molar-refractivity contribution in [3.63, 3.8) is 0 Å². The molecule has 0 unspecified atom stereocenters. The minimum absolute atomic E-state index is 0.0742. The van der Waals surface area contributed by atoms with Gasteiger partial charge in [0.05, 0.1) is 14.2 Å². The van der Waals surface area contributed by atoms with E-state index in [1.165, 1.54) is 5.56 Å². The maximum atomic E-state index is 12.7. The second-order valence-electron chi connectivity index (χ2n) is 8.64. The average molecular weight is 485 g/mol. The van der Waals surface area contributed by atoms with Gasteiger partial charge in [-0.25, -0.2) is 0 Å². The summed E-state index contributed by atoms with van der Waals surface area (Å²) in [6.45, 7) is 2.15. The number of carbonyl (C=O) groups excluding carboxylic acids is 1. The fourth-order valence-corrected chi connectivity index (χ4v) is 4.12. The highest BCUT2D eigenvalue weighted by molar-refractivity contribution is 5.89. The maximum Gasteiger partial charge on any atom is 0.244 e. The van der Waals surface area contributed by atoms with Gasteiger partial charge in [0, 0.05) is 24.5 Å². The summed E-state index contributed by atoms with van der Waals surface area (Å²) >= 11 is 0. The van der Waals surface area contributed by atoms with Gasteiger partial charge in [0.25, 0.3) is 0 Å². The summed E-state index contributed by atoms with van der Waals surface area (Å²) in [5, 5.41) is 3.18. The van der Waals surface area contributed by atoms with Crippen LogP contribution in [0.15, 0.2) is 91.3 Å². The van der Waals surface area contributed by atoms with Crippen molar-refractivity contribution in [3.8, 4) is 11.5 Å². The number of aryl methyl sites for hydroxylation is 1. The summed E-state index contributed by atoms with van der Waals surface area (Å²) in [6, 6.07) is 20.0. The van der Waals surface area contributed by atoms with Crippen LogP contribution in [0.5, 0.6) is 11.5 Å². The molecule has 5 heteroatoms. The number of carbonyl (C=O) groups is 1. The number of amides is 1. The fourth-order valence-electron chi connectivity index (χ4n) is 4.12. The number of pyridine rings is 1. The number of rotatable bonds is 13. The minimum Gasteiger partial charge on any atom is -0.497 e. The van der Waals surface area contributed by atoms with E-state index in [1.807, 2.05) is 72.9 Å². The quantitative estimate of drug-likeness (QED) is 0.225. The molecule has 1 atom stereocenters. The normalized spacial score (nSPS) is 11.6. The molecule has 36 heavy (non-hydrogen) atoms. The first kappa shape index (κ1) is 26.7. The lowest BCUT2D eigenvalue weighted by Crippen LogP contribution is -2.33. The van der Waals surface area contributed by atoms with E-state index < -0.39 is 0 Å². The topological polar surface area (TPSA) is 60.5 Å². The molecule has 0 bridgehead atoms. The van der Waals surface area contributed by atoms with Crippen molar-refractivity contribution >= 4 is 11.5 Å². The lowest BCUT2D eigenvalue weighted by Gasteiger charge is -2.17. The number of benzene rings is 2. The Morgan fingerprint density at radius 1 is 0.944 bits per heavy atom. The Morgan fingerprint density at radius 3 is 2.11 bits per heavy atom. The van der Waals surface area contributed by atoms with Gasteiger partial charge in [0.15, 0.2) is 0 Å². The molecule has 0 radical (unpaired) electrons. The second-order valence-corrected chi connectivity index (χ2v) is 8.64. The molecule has 1 N–H and O–H groups in total. The molecule has 0 aliphatic rings. The SMILES string of the molecule is CCC[C@H](CCCc1cccnc1)NC(=O)/C=C/C=C(c1ccc(OC)cc1)c1ccc(OC)cc1. The Hall–Kier alpha value is -3.86. The molecule has 3 aromatic rings. The minimum atomic E-state index is -0.0742. The van der Waals surface area contributed by atoms with Crippen molar-refractivity contribution in [1.29, 1.82) is 0 Å². The predicted molar refractivity (Wildman–Crippen MR) is 146 cm³/mol. The molecule has 0 saturated carbocycles. The van der Waals surface area contributed by atoms with Crippen LogP contribution in [0.1, 0.15) is 49.3 Å². The molecule has 1 amide bonds. The highest BCUT2D eigenvalue weighted by atomic mass is 16.5. The highest BCUT2D eigenvalue weighted by Crippen LogP contribution is 2.27. The van der Waals surface area contributed by atoms with Crippen LogP contribution in [0.4, 0.5) is 0 Å². The molecule has 0 aliphatic heterocycles. The number of aromatic nitrogens is 1. The van der Waals surface area contributed by atoms with Gasteiger partial charge < -0.3 is 14.8 Å². The largest absolute Gasteiger partial charge is 0.497 e. The van der Waals surface area contributed by atoms with Crippen LogP contribution in [0.25, 0.3) is 5.57 Å². The lowest BCUT2D eigenvalue weighted by atomic mass is 9.97. The molecular formula is C31H36N2O3. The molecular weight excluding hydrogens is 448 g/mol. The Labute approximate surface area is 214 Å². The number of ether oxygens (including phenoxy) is 2. The standard InChI is InChI=1S/C31H36N2O3/c1-4-8-27(11-5-9-24-10-7-22-32-23-24)33-31(34)13-6-12-30(25-14-18-28(35-2)19-15-25)26-16-20-29(36-3)21-17-26/h6-7,10,12-23,27H,4-5,8-9,11H2,1-3H3,(H,33,34)/b13-6+/t27-/m1/s1. The summed E-state index contributed by atoms with van der Waals surface area (Å²) in [5.74, 6) is 1.52. The maximum absolute atomic E-state index is 12.7. The molecule has 0 spiro atoms. The Bertz CT molecular complexity index is 1070. The van der Waals surface area contributed by atoms with Crippen molar-refractivity contribution in [3.05, 3.63) is 108 Å². The third-order valence-electron chi connectivity index (χ3n) is 6.04. The van der Waals surface area contributed by atoms with Crippen LogP contribution in [0, 0.1) is 0 Å². The number of methoxy groups -OCH3 is 2. The fraction of sp³-hybridized carbons (Fsp3) is 0.290. The molecule has 0 saturated heterocycles. The number of hydrogen-bond acceptors (Lipinski definition) is 4. The Balaban J connectivity index is 1.68. The number of hydrogen-bond donors (Lipinski definition) is 1. The molecule has 0 aliphatic carbocycles. The summed E-state index contributed by atoms with van der Waals surface area (Å²) < 4.78 is 10.6. The monoisotopic (exact) mass is 484 g/mol. The molecule has 188 valence electrons. The summed E-state index contributed by atoms with van der Waals surface area (Å²) in [6.07, 6.45) is 14.0. The molecule has 0 fully saturated rings. The van der Waals surface area contributed by atoms with Gasteiger partial charge in [0.2, 0.25) is 5.91 Å². The van der Waals surface area contributed by atoms with Crippen LogP contribution in [-0.2, 0) is 11.2 Å². The highest BCUT2D eigenvalue weighted by Gasteiger charge is 2.10. The van der Waals surface area contributed by atoms with Crippen LogP contribution in [0.3, 0.4) is 0 Å². The third kappa shape index (κ3) is 8.42. The van der Waals surface area contributed by atoms with Gasteiger partial charge in [-0.1, -0.05) is 55.8 Å². The summed E-state index contributed by atoms with van der Waals surface area (Å²) in [7, 11) is 3.31. The van der Waals surface area contributed by atoms with Crippen molar-refractivity contribution in [2.45, 2.75) is 45.1 Å². The zero-order valence-electron chi connectivity index (χ0n) is 21.4. The first-order valence-electron chi connectivity index (χ1n) is 12.5. The Morgan fingerprint density at radius 2 is 1.58 bits per heavy atom. The molecule has 2 aromatic carbocycles. The molecule has 5 nitrogen and oxygen atoms in total. The number of nitrogens with one attached hydrogen (secondary N) is 1. The first-order valence-corrected chi connectivity index (χ1v) is 12.5. The van der Waals surface area contributed by atoms with E-state index >= 15 is 0 Å². The van der Waals surface area contributed by atoms with Crippen LogP contribution in [-0.4, -0.2) is 31.2 Å². The van der Waals surface area contributed by atoms with E-state index in [4.69, 9.17) is 9.47 Å². The van der Waals surface area contributed by atoms with E-state index in [-0.39, 0.29) is 11.9 Å². The summed E-state index contributed by atoms with van der Waals surface area (Å²) in [5.41, 5.74) is 4.30. The van der Waals surface area contributed by atoms with Crippen molar-refractivity contribution in [2.75, 3.05) is 14.2 Å². The van der Waals surface area contributed by atoms with Crippen LogP contribution < -0.4 is 14.8 Å². The van der Waals surface area contributed by atoms with Gasteiger partial charge in [-0.05, 0) is 78.3 Å². The lowest BCUT2D eigenvalue weighted by molar-refractivity contribution is -0.117. The summed E-state index contributed by atoms with van der Waals surface area (Å²) in [4.78, 5) is 16.9. The zero-order chi connectivity index (χ0) is 25.6. The molecule has 1 aromatic heterocycles. The van der Waals surface area contributed by atoms with Crippen LogP contribution >= 0.6 is 0 Å². The smallest absolute Gasteiger partial charge is 0.244 e. The second kappa shape index (κ2) is 14.5. The van der Waals surface area contributed by atoms with Gasteiger partial charge in [-0.3, -0.25) is 9.78 Å². The van der Waals surface area contributed by atoms with Crippen molar-refractivity contribution < 1.29 is 14.3 Å². The van der Waals surface area contributed by atoms with Crippen LogP contribution in [0.2, 0.25) is 0 Å². The number of allylic oxidation sites excluding steroid dienone is 2. The zero-order valence-corrected chi connectivity index (χ0v) is 21.4. The van der Waals surface area contributed by atoms with Crippen molar-refractivity contribution in [2.24, 2.45) is 0 Å². The van der Waals surface area contributed by atoms with Gasteiger partial charge in [-0.2, -0.15) is 0 Å². The molecule has 1 heterocycles. The molecule has 3 rings (SSSR count). The van der Waals surface area contributed by atoms with Gasteiger partial charge in [0.1, 0.15) is 11.5 Å². The number of nitrogens with zero attached hydrogens (tertiary/aromatic N) is 1. The Kier molecular flexibility index (Phi) is 10.8. The van der Waals surface area contributed by atoms with Gasteiger partial charge in [-0.15, -0.1) is 0 Å². The van der Waals surface area contributed by atoms with E-state index in [9.17, 15) is 4.79 Å². The van der Waals surface area contributed by atoms with E-state index in [2.05, 4.69) is 23.3 Å². The van der Waals surface area contributed by atoms with Gasteiger partial charge >= 0.3 is 0 Å². The van der Waals surface area contributed by atoms with Crippen molar-refractivity contribution in [1.82, 2.24) is 10.3 Å².